The molecule has 0 spiro atoms. The van der Waals surface area contributed by atoms with Gasteiger partial charge in [-0.3, -0.25) is 0 Å². The predicted molar refractivity (Wildman–Crippen MR) is 81.1 cm³/mol. The van der Waals surface area contributed by atoms with Crippen LogP contribution in [0.2, 0.25) is 0 Å². The van der Waals surface area contributed by atoms with Crippen LogP contribution < -0.4 is 0 Å². The molecule has 0 radical (unpaired) electrons. The summed E-state index contributed by atoms with van der Waals surface area (Å²) < 4.78 is 12.5. The highest BCUT2D eigenvalue weighted by Crippen LogP contribution is 2.27. The first-order valence-corrected chi connectivity index (χ1v) is 7.04. The highest BCUT2D eigenvalue weighted by atomic mass is 32.2. The molecule has 2 aromatic carbocycles. The molecule has 0 bridgehead atoms. The van der Waals surface area contributed by atoms with Gasteiger partial charge in [0.05, 0.1) is 10.8 Å². The molecular formula is C16H14O3S. The van der Waals surface area contributed by atoms with E-state index in [1.54, 1.807) is 24.3 Å². The van der Waals surface area contributed by atoms with E-state index in [2.05, 4.69) is 13.2 Å². The van der Waals surface area contributed by atoms with Gasteiger partial charge in [-0.1, -0.05) is 25.3 Å². The molecule has 0 aliphatic rings. The molecule has 2 N–H and O–H groups in total. The fourth-order valence-corrected chi connectivity index (χ4v) is 2.88. The van der Waals surface area contributed by atoms with E-state index in [-0.39, 0.29) is 11.5 Å². The Hall–Kier alpha value is -2.33. The molecule has 0 saturated carbocycles. The molecule has 2 aromatic rings. The summed E-state index contributed by atoms with van der Waals surface area (Å²) in [6.45, 7) is 7.20. The van der Waals surface area contributed by atoms with E-state index in [9.17, 15) is 14.4 Å². The predicted octanol–water partition coefficient (Wildman–Crippen LogP) is 3.55. The molecule has 0 saturated heterocycles. The number of hydrogen-bond acceptors (Lipinski definition) is 3. The zero-order chi connectivity index (χ0) is 14.7. The highest BCUT2D eigenvalue weighted by Gasteiger charge is 2.11. The molecule has 0 aliphatic carbocycles. The van der Waals surface area contributed by atoms with Crippen molar-refractivity contribution in [3.05, 3.63) is 60.7 Å². The summed E-state index contributed by atoms with van der Waals surface area (Å²) in [5.41, 5.74) is 1.05. The van der Waals surface area contributed by atoms with Gasteiger partial charge in [0.2, 0.25) is 0 Å². The van der Waals surface area contributed by atoms with Gasteiger partial charge >= 0.3 is 0 Å². The summed E-state index contributed by atoms with van der Waals surface area (Å²) in [4.78, 5) is 1.11. The van der Waals surface area contributed by atoms with E-state index in [1.807, 2.05) is 0 Å². The third-order valence-electron chi connectivity index (χ3n) is 2.87. The van der Waals surface area contributed by atoms with Crippen molar-refractivity contribution < 1.29 is 14.4 Å². The lowest BCUT2D eigenvalue weighted by Gasteiger charge is -2.07. The van der Waals surface area contributed by atoms with Crippen LogP contribution in [0.3, 0.4) is 0 Å². The summed E-state index contributed by atoms with van der Waals surface area (Å²) in [7, 11) is -1.40. The van der Waals surface area contributed by atoms with E-state index in [0.29, 0.717) is 20.9 Å². The van der Waals surface area contributed by atoms with E-state index >= 15 is 0 Å². The summed E-state index contributed by atoms with van der Waals surface area (Å²) >= 11 is 0. The van der Waals surface area contributed by atoms with E-state index < -0.39 is 10.8 Å². The maximum absolute atomic E-state index is 12.5. The Morgan fingerprint density at radius 2 is 1.25 bits per heavy atom. The molecule has 0 amide bonds. The molecule has 4 heteroatoms. The van der Waals surface area contributed by atoms with Crippen molar-refractivity contribution in [2.45, 2.75) is 9.79 Å². The minimum absolute atomic E-state index is 0.0956. The molecule has 0 heterocycles. The molecule has 0 aliphatic heterocycles. The second-order valence-corrected chi connectivity index (χ2v) is 5.60. The number of phenols is 2. The van der Waals surface area contributed by atoms with Crippen LogP contribution in [0, 0.1) is 0 Å². The summed E-state index contributed by atoms with van der Waals surface area (Å²) in [6, 6.07) is 9.41. The first-order chi connectivity index (χ1) is 9.56. The fourth-order valence-electron chi connectivity index (χ4n) is 1.76. The topological polar surface area (TPSA) is 57.5 Å². The van der Waals surface area contributed by atoms with Crippen molar-refractivity contribution in [2.24, 2.45) is 0 Å². The zero-order valence-electron chi connectivity index (χ0n) is 10.7. The molecule has 0 fully saturated rings. The van der Waals surface area contributed by atoms with Gasteiger partial charge in [-0.05, 0) is 36.4 Å². The second kappa shape index (κ2) is 5.75. The molecule has 102 valence electrons. The van der Waals surface area contributed by atoms with Crippen molar-refractivity contribution >= 4 is 23.0 Å². The van der Waals surface area contributed by atoms with Crippen molar-refractivity contribution in [2.75, 3.05) is 0 Å². The van der Waals surface area contributed by atoms with Crippen molar-refractivity contribution in [3.8, 4) is 11.5 Å². The molecule has 20 heavy (non-hydrogen) atoms. The summed E-state index contributed by atoms with van der Waals surface area (Å²) in [5, 5.41) is 19.2. The Morgan fingerprint density at radius 1 is 0.850 bits per heavy atom. The SMILES string of the molecule is C=Cc1cc(S(=O)c2ccc(O)c(C=C)c2)ccc1O. The van der Waals surface area contributed by atoms with Gasteiger partial charge in [-0.15, -0.1) is 0 Å². The average Bonchev–Trinajstić information content (AvgIpc) is 2.47. The number of aromatic hydroxyl groups is 2. The molecule has 0 aromatic heterocycles. The highest BCUT2D eigenvalue weighted by molar-refractivity contribution is 7.85. The normalized spacial score (nSPS) is 10.4. The third kappa shape index (κ3) is 2.65. The van der Waals surface area contributed by atoms with Gasteiger partial charge in [0.1, 0.15) is 11.5 Å². The summed E-state index contributed by atoms with van der Waals surface area (Å²) in [5.74, 6) is 0.191. The Balaban J connectivity index is 2.46. The van der Waals surface area contributed by atoms with Gasteiger partial charge in [-0.2, -0.15) is 0 Å². The average molecular weight is 286 g/mol. The lowest BCUT2D eigenvalue weighted by Crippen LogP contribution is -1.94. The van der Waals surface area contributed by atoms with Crippen molar-refractivity contribution in [1.29, 1.82) is 0 Å². The minimum Gasteiger partial charge on any atom is -0.507 e. The van der Waals surface area contributed by atoms with Crippen LogP contribution in [0.25, 0.3) is 12.2 Å². The maximum Gasteiger partial charge on any atom is 0.122 e. The van der Waals surface area contributed by atoms with Gasteiger partial charge in [-0.25, -0.2) is 4.21 Å². The Bertz CT molecular complexity index is 645. The van der Waals surface area contributed by atoms with Crippen LogP contribution in [-0.2, 0) is 10.8 Å². The van der Waals surface area contributed by atoms with Crippen molar-refractivity contribution in [1.82, 2.24) is 0 Å². The van der Waals surface area contributed by atoms with E-state index in [1.165, 1.54) is 24.3 Å². The minimum atomic E-state index is -1.40. The Morgan fingerprint density at radius 3 is 1.60 bits per heavy atom. The first kappa shape index (κ1) is 14.1. The van der Waals surface area contributed by atoms with Gasteiger partial charge < -0.3 is 10.2 Å². The van der Waals surface area contributed by atoms with Gasteiger partial charge in [0.15, 0.2) is 0 Å². The zero-order valence-corrected chi connectivity index (χ0v) is 11.6. The Kier molecular flexibility index (Phi) is 4.05. The van der Waals surface area contributed by atoms with Crippen LogP contribution in [-0.4, -0.2) is 14.4 Å². The lowest BCUT2D eigenvalue weighted by molar-refractivity contribution is 0.473. The largest absolute Gasteiger partial charge is 0.507 e. The first-order valence-electron chi connectivity index (χ1n) is 5.89. The molecule has 3 nitrogen and oxygen atoms in total. The van der Waals surface area contributed by atoms with Crippen LogP contribution in [0.4, 0.5) is 0 Å². The van der Waals surface area contributed by atoms with Crippen LogP contribution >= 0.6 is 0 Å². The molecule has 0 unspecified atom stereocenters. The second-order valence-electron chi connectivity index (χ2n) is 4.12. The quantitative estimate of drug-likeness (QED) is 0.903. The van der Waals surface area contributed by atoms with E-state index in [0.717, 1.165) is 0 Å². The third-order valence-corrected chi connectivity index (χ3v) is 4.23. The maximum atomic E-state index is 12.5. The monoisotopic (exact) mass is 286 g/mol. The van der Waals surface area contributed by atoms with Gasteiger partial charge in [0, 0.05) is 20.9 Å². The number of hydrogen-bond donors (Lipinski definition) is 2. The smallest absolute Gasteiger partial charge is 0.122 e. The van der Waals surface area contributed by atoms with Gasteiger partial charge in [0.25, 0.3) is 0 Å². The van der Waals surface area contributed by atoms with E-state index in [4.69, 9.17) is 0 Å². The summed E-state index contributed by atoms with van der Waals surface area (Å²) in [6.07, 6.45) is 3.00. The number of phenolic OH excluding ortho intramolecular Hbond substituents is 2. The van der Waals surface area contributed by atoms with Crippen LogP contribution in [0.5, 0.6) is 11.5 Å². The number of benzene rings is 2. The fraction of sp³-hybridized carbons (Fsp3) is 0. The standard InChI is InChI=1S/C16H14O3S/c1-3-11-9-13(5-7-15(11)17)20(19)14-6-8-16(18)12(4-2)10-14/h3-10,17-18H,1-2H2. The van der Waals surface area contributed by atoms with Crippen LogP contribution in [0.1, 0.15) is 11.1 Å². The molecular weight excluding hydrogens is 272 g/mol. The molecule has 0 atom stereocenters. The Labute approximate surface area is 120 Å². The lowest BCUT2D eigenvalue weighted by atomic mass is 10.2. The van der Waals surface area contributed by atoms with Crippen LogP contribution in [0.15, 0.2) is 59.3 Å². The number of rotatable bonds is 4. The van der Waals surface area contributed by atoms with Crippen molar-refractivity contribution in [3.63, 3.8) is 0 Å². The molecule has 2 rings (SSSR count).